The smallest absolute Gasteiger partial charge is 0.213 e. The molecule has 1 fully saturated rings. The molecule has 0 bridgehead atoms. The van der Waals surface area contributed by atoms with Gasteiger partial charge < -0.3 is 0 Å². The normalized spacial score (nSPS) is 18.1. The van der Waals surface area contributed by atoms with Crippen LogP contribution in [0, 0.1) is 20.8 Å². The molecule has 0 spiro atoms. The van der Waals surface area contributed by atoms with Crippen LogP contribution in [-0.4, -0.2) is 110 Å². The minimum atomic E-state index is -4.20. The average Bonchev–Trinajstić information content (AvgIpc) is 2.97. The molecule has 3 aromatic carbocycles. The first-order chi connectivity index (χ1) is 21.4. The highest BCUT2D eigenvalue weighted by Gasteiger charge is 2.34. The number of hydrogen-bond donors (Lipinski definition) is 0. The molecule has 1 heterocycles. The molecule has 1 saturated heterocycles. The van der Waals surface area contributed by atoms with Crippen LogP contribution in [0.1, 0.15) is 16.7 Å². The molecule has 0 saturated carbocycles. The summed E-state index contributed by atoms with van der Waals surface area (Å²) in [4.78, 5) is -0.0480. The number of hydrogen-bond acceptors (Lipinski definition) is 8. The lowest BCUT2D eigenvalue weighted by Crippen LogP contribution is -2.50. The molecule has 0 radical (unpaired) electrons. The summed E-state index contributed by atoms with van der Waals surface area (Å²) >= 11 is 0. The SMILES string of the molecule is Cc1ccc(S(=O)(=O)N2CCN(S(C)(=O)=O)CCN(S(=O)(=O)c3ccc(C)cc3)CCN(S(=O)(=O)c3ccc(C)cc3)CC2)cc1. The summed E-state index contributed by atoms with van der Waals surface area (Å²) in [7, 11) is -16.4. The maximum Gasteiger partial charge on any atom is 0.243 e. The molecular formula is C30H40N4O8S4. The zero-order chi connectivity index (χ0) is 33.9. The standard InChI is InChI=1S/C30H40N4O8S4/c1-25-5-11-28(12-6-25)44(37,38)32-19-17-31(43(4,35)36)18-20-33(45(39,40)29-13-7-26(2)8-14-29)22-24-34(23-21-32)46(41,42)30-15-9-27(3)10-16-30/h5-16H,17-24H2,1-4H3. The summed E-state index contributed by atoms with van der Waals surface area (Å²) in [6.45, 7) is 3.11. The fraction of sp³-hybridized carbons (Fsp3) is 0.400. The molecule has 0 atom stereocenters. The van der Waals surface area contributed by atoms with Crippen LogP contribution in [0.5, 0.6) is 0 Å². The monoisotopic (exact) mass is 712 g/mol. The van der Waals surface area contributed by atoms with E-state index in [1.807, 2.05) is 20.8 Å². The van der Waals surface area contributed by atoms with Gasteiger partial charge in [0.25, 0.3) is 0 Å². The van der Waals surface area contributed by atoms with Crippen molar-refractivity contribution in [3.05, 3.63) is 89.5 Å². The molecular weight excluding hydrogens is 673 g/mol. The number of sulfonamides is 4. The summed E-state index contributed by atoms with van der Waals surface area (Å²) in [5.74, 6) is 0. The molecule has 1 aliphatic rings. The van der Waals surface area contributed by atoms with Crippen molar-refractivity contribution in [2.24, 2.45) is 0 Å². The zero-order valence-corrected chi connectivity index (χ0v) is 29.5. The Morgan fingerprint density at radius 3 is 0.761 bits per heavy atom. The minimum absolute atomic E-state index is 0.0144. The van der Waals surface area contributed by atoms with E-state index >= 15 is 0 Å². The third-order valence-electron chi connectivity index (χ3n) is 7.84. The summed E-state index contributed by atoms with van der Waals surface area (Å²) in [6.07, 6.45) is 0.979. The van der Waals surface area contributed by atoms with Crippen LogP contribution in [0.2, 0.25) is 0 Å². The number of benzene rings is 3. The van der Waals surface area contributed by atoms with Crippen molar-refractivity contribution in [2.45, 2.75) is 35.5 Å². The Hall–Kier alpha value is -2.70. The molecule has 46 heavy (non-hydrogen) atoms. The summed E-state index contributed by atoms with van der Waals surface area (Å²) in [5.41, 5.74) is 2.53. The van der Waals surface area contributed by atoms with Gasteiger partial charge in [0.2, 0.25) is 40.1 Å². The first kappa shape index (κ1) is 36.1. The Morgan fingerprint density at radius 2 is 0.565 bits per heavy atom. The van der Waals surface area contributed by atoms with E-state index in [2.05, 4.69) is 0 Å². The van der Waals surface area contributed by atoms with Gasteiger partial charge in [0, 0.05) is 52.4 Å². The van der Waals surface area contributed by atoms with E-state index in [-0.39, 0.29) is 67.0 Å². The number of rotatable bonds is 7. The second-order valence-corrected chi connectivity index (χ2v) is 19.1. The summed E-state index contributed by atoms with van der Waals surface area (Å²) < 4.78 is 113. The first-order valence-electron chi connectivity index (χ1n) is 14.6. The second-order valence-electron chi connectivity index (χ2n) is 11.3. The maximum absolute atomic E-state index is 13.9. The predicted octanol–water partition coefficient (Wildman–Crippen LogP) is 2.26. The fourth-order valence-corrected chi connectivity index (χ4v) is 10.1. The van der Waals surface area contributed by atoms with Crippen LogP contribution in [0.15, 0.2) is 87.5 Å². The van der Waals surface area contributed by atoms with Gasteiger partial charge in [0.1, 0.15) is 0 Å². The van der Waals surface area contributed by atoms with Crippen molar-refractivity contribution in [2.75, 3.05) is 58.6 Å². The van der Waals surface area contributed by atoms with Crippen molar-refractivity contribution in [1.29, 1.82) is 0 Å². The Labute approximate surface area is 273 Å². The Kier molecular flexibility index (Phi) is 11.2. The maximum atomic E-state index is 13.9. The summed E-state index contributed by atoms with van der Waals surface area (Å²) in [6, 6.07) is 18.6. The Morgan fingerprint density at radius 1 is 0.370 bits per heavy atom. The van der Waals surface area contributed by atoms with Crippen LogP contribution in [0.3, 0.4) is 0 Å². The van der Waals surface area contributed by atoms with E-state index in [0.717, 1.165) is 40.2 Å². The average molecular weight is 713 g/mol. The Bertz CT molecular complexity index is 1860. The van der Waals surface area contributed by atoms with Gasteiger partial charge >= 0.3 is 0 Å². The van der Waals surface area contributed by atoms with Crippen LogP contribution in [0.4, 0.5) is 0 Å². The molecule has 0 amide bonds. The lowest BCUT2D eigenvalue weighted by atomic mass is 10.2. The van der Waals surface area contributed by atoms with Gasteiger partial charge in [-0.3, -0.25) is 0 Å². The van der Waals surface area contributed by atoms with E-state index in [1.54, 1.807) is 36.4 Å². The molecule has 0 aliphatic carbocycles. The molecule has 12 nitrogen and oxygen atoms in total. The summed E-state index contributed by atoms with van der Waals surface area (Å²) in [5, 5.41) is 0. The van der Waals surface area contributed by atoms with Crippen molar-refractivity contribution in [3.8, 4) is 0 Å². The number of nitrogens with zero attached hydrogens (tertiary/aromatic N) is 4. The van der Waals surface area contributed by atoms with Gasteiger partial charge in [-0.1, -0.05) is 53.1 Å². The highest BCUT2D eigenvalue weighted by molar-refractivity contribution is 7.90. The lowest BCUT2D eigenvalue weighted by Gasteiger charge is -2.32. The van der Waals surface area contributed by atoms with Crippen LogP contribution < -0.4 is 0 Å². The van der Waals surface area contributed by atoms with Gasteiger partial charge in [0.05, 0.1) is 20.9 Å². The van der Waals surface area contributed by atoms with Gasteiger partial charge in [-0.15, -0.1) is 0 Å². The minimum Gasteiger partial charge on any atom is -0.213 e. The molecule has 16 heteroatoms. The fourth-order valence-electron chi connectivity index (χ4n) is 4.97. The molecule has 0 unspecified atom stereocenters. The van der Waals surface area contributed by atoms with Crippen molar-refractivity contribution >= 4 is 40.1 Å². The van der Waals surface area contributed by atoms with E-state index < -0.39 is 40.1 Å². The van der Waals surface area contributed by atoms with Crippen molar-refractivity contribution in [3.63, 3.8) is 0 Å². The van der Waals surface area contributed by atoms with Gasteiger partial charge in [-0.25, -0.2) is 33.7 Å². The molecule has 4 rings (SSSR count). The van der Waals surface area contributed by atoms with Crippen molar-refractivity contribution in [1.82, 2.24) is 17.2 Å². The van der Waals surface area contributed by atoms with E-state index in [9.17, 15) is 33.7 Å². The molecule has 252 valence electrons. The first-order valence-corrected chi connectivity index (χ1v) is 20.7. The third kappa shape index (κ3) is 8.41. The van der Waals surface area contributed by atoms with Crippen LogP contribution >= 0.6 is 0 Å². The third-order valence-corrected chi connectivity index (χ3v) is 14.9. The lowest BCUT2D eigenvalue weighted by molar-refractivity contribution is 0.273. The molecule has 3 aromatic rings. The molecule has 0 N–H and O–H groups in total. The van der Waals surface area contributed by atoms with E-state index in [0.29, 0.717) is 0 Å². The Balaban J connectivity index is 1.77. The van der Waals surface area contributed by atoms with Gasteiger partial charge in [-0.2, -0.15) is 17.2 Å². The van der Waals surface area contributed by atoms with Crippen molar-refractivity contribution < 1.29 is 33.7 Å². The van der Waals surface area contributed by atoms with Crippen LogP contribution in [-0.2, 0) is 40.1 Å². The van der Waals surface area contributed by atoms with Crippen LogP contribution in [0.25, 0.3) is 0 Å². The quantitative estimate of drug-likeness (QED) is 0.362. The van der Waals surface area contributed by atoms with Gasteiger partial charge in [-0.05, 0) is 57.2 Å². The highest BCUT2D eigenvalue weighted by atomic mass is 32.2. The van der Waals surface area contributed by atoms with E-state index in [1.165, 1.54) is 36.4 Å². The zero-order valence-electron chi connectivity index (χ0n) is 26.3. The van der Waals surface area contributed by atoms with Gasteiger partial charge in [0.15, 0.2) is 0 Å². The predicted molar refractivity (Wildman–Crippen MR) is 176 cm³/mol. The number of aryl methyl sites for hydroxylation is 3. The van der Waals surface area contributed by atoms with E-state index in [4.69, 9.17) is 0 Å². The highest BCUT2D eigenvalue weighted by Crippen LogP contribution is 2.22. The second kappa shape index (κ2) is 14.2. The topological polar surface area (TPSA) is 150 Å². The molecule has 1 aliphatic heterocycles. The molecule has 0 aromatic heterocycles. The largest absolute Gasteiger partial charge is 0.243 e.